The largest absolute Gasteiger partial charge is 0.379 e. The van der Waals surface area contributed by atoms with E-state index in [9.17, 15) is 14.4 Å². The number of carbonyl (C=O) groups excluding carboxylic acids is 3. The van der Waals surface area contributed by atoms with E-state index in [1.165, 1.54) is 0 Å². The lowest BCUT2D eigenvalue weighted by Crippen LogP contribution is -2.42. The molecule has 0 bridgehead atoms. The number of benzene rings is 1. The number of ether oxygens (including phenoxy) is 1. The van der Waals surface area contributed by atoms with E-state index in [1.807, 2.05) is 33.8 Å². The van der Waals surface area contributed by atoms with Crippen LogP contribution >= 0.6 is 0 Å². The number of nitrogens with one attached hydrogen (secondary N) is 2. The molecular formula is C22H32N4O4. The van der Waals surface area contributed by atoms with Crippen LogP contribution in [-0.2, 0) is 19.1 Å². The van der Waals surface area contributed by atoms with Crippen molar-refractivity contribution in [2.45, 2.75) is 39.7 Å². The molecule has 8 heteroatoms. The molecule has 0 radical (unpaired) electrons. The molecule has 8 nitrogen and oxygen atoms in total. The van der Waals surface area contributed by atoms with E-state index in [0.717, 1.165) is 24.3 Å². The van der Waals surface area contributed by atoms with Gasteiger partial charge in [-0.15, -0.1) is 0 Å². The SMILES string of the molecule is Cc1cc(NC(=O)[C@@H]2CC(=O)N(C(C)(C)C)C2)ccc1NC(=O)CN1CCOCC1. The molecule has 3 amide bonds. The summed E-state index contributed by atoms with van der Waals surface area (Å²) in [6.45, 7) is 11.4. The monoisotopic (exact) mass is 416 g/mol. The minimum Gasteiger partial charge on any atom is -0.379 e. The number of likely N-dealkylation sites (tertiary alicyclic amines) is 1. The number of nitrogens with zero attached hydrogens (tertiary/aromatic N) is 2. The summed E-state index contributed by atoms with van der Waals surface area (Å²) in [5.74, 6) is -0.566. The van der Waals surface area contributed by atoms with E-state index in [-0.39, 0.29) is 35.6 Å². The molecule has 0 aromatic heterocycles. The summed E-state index contributed by atoms with van der Waals surface area (Å²) in [6.07, 6.45) is 0.234. The third-order valence-electron chi connectivity index (χ3n) is 5.54. The van der Waals surface area contributed by atoms with Crippen LogP contribution in [0.5, 0.6) is 0 Å². The predicted octanol–water partition coefficient (Wildman–Crippen LogP) is 1.85. The summed E-state index contributed by atoms with van der Waals surface area (Å²) < 4.78 is 5.30. The van der Waals surface area contributed by atoms with Gasteiger partial charge in [-0.05, 0) is 51.5 Å². The Morgan fingerprint density at radius 3 is 2.47 bits per heavy atom. The second-order valence-electron chi connectivity index (χ2n) is 9.03. The van der Waals surface area contributed by atoms with Crippen molar-refractivity contribution in [2.24, 2.45) is 5.92 Å². The van der Waals surface area contributed by atoms with Gasteiger partial charge in [0.1, 0.15) is 0 Å². The van der Waals surface area contributed by atoms with Crippen LogP contribution in [0.2, 0.25) is 0 Å². The van der Waals surface area contributed by atoms with E-state index in [4.69, 9.17) is 4.74 Å². The number of hydrogen-bond donors (Lipinski definition) is 2. The molecule has 2 saturated heterocycles. The van der Waals surface area contributed by atoms with Gasteiger partial charge in [0.25, 0.3) is 0 Å². The normalized spacial score (nSPS) is 20.3. The van der Waals surface area contributed by atoms with Crippen LogP contribution in [0.15, 0.2) is 18.2 Å². The zero-order chi connectivity index (χ0) is 21.9. The van der Waals surface area contributed by atoms with Crippen molar-refractivity contribution in [1.29, 1.82) is 0 Å². The Kier molecular flexibility index (Phi) is 6.77. The number of morpholine rings is 1. The first-order valence-corrected chi connectivity index (χ1v) is 10.5. The molecular weight excluding hydrogens is 384 g/mol. The fourth-order valence-corrected chi connectivity index (χ4v) is 3.81. The van der Waals surface area contributed by atoms with Crippen molar-refractivity contribution in [3.05, 3.63) is 23.8 Å². The quantitative estimate of drug-likeness (QED) is 0.765. The van der Waals surface area contributed by atoms with Crippen molar-refractivity contribution in [2.75, 3.05) is 50.0 Å². The minimum absolute atomic E-state index is 0.0113. The maximum atomic E-state index is 12.7. The number of carbonyl (C=O) groups is 3. The first kappa shape index (κ1) is 22.2. The highest BCUT2D eigenvalue weighted by atomic mass is 16.5. The third kappa shape index (κ3) is 5.58. The standard InChI is InChI=1S/C22H32N4O4/c1-15-11-17(23-21(29)16-12-20(28)26(13-16)22(2,3)4)5-6-18(15)24-19(27)14-25-7-9-30-10-8-25/h5-6,11,16H,7-10,12-14H2,1-4H3,(H,23,29)(H,24,27)/t16-/m1/s1. The highest BCUT2D eigenvalue weighted by molar-refractivity contribution is 5.98. The molecule has 1 aromatic carbocycles. The number of amides is 3. The Hall–Kier alpha value is -2.45. The summed E-state index contributed by atoms with van der Waals surface area (Å²) in [4.78, 5) is 41.0. The number of anilines is 2. The van der Waals surface area contributed by atoms with E-state index < -0.39 is 0 Å². The second-order valence-corrected chi connectivity index (χ2v) is 9.03. The van der Waals surface area contributed by atoms with Crippen molar-refractivity contribution in [3.63, 3.8) is 0 Å². The van der Waals surface area contributed by atoms with E-state index >= 15 is 0 Å². The molecule has 2 aliphatic rings. The lowest BCUT2D eigenvalue weighted by molar-refractivity contribution is -0.131. The molecule has 0 saturated carbocycles. The fourth-order valence-electron chi connectivity index (χ4n) is 3.81. The summed E-state index contributed by atoms with van der Waals surface area (Å²) in [5, 5.41) is 5.85. The van der Waals surface area contributed by atoms with Crippen LogP contribution in [0.25, 0.3) is 0 Å². The van der Waals surface area contributed by atoms with Crippen molar-refractivity contribution in [1.82, 2.24) is 9.80 Å². The zero-order valence-corrected chi connectivity index (χ0v) is 18.3. The van der Waals surface area contributed by atoms with Crippen LogP contribution in [0, 0.1) is 12.8 Å². The average molecular weight is 417 g/mol. The molecule has 1 aromatic rings. The maximum Gasteiger partial charge on any atom is 0.238 e. The molecule has 2 aliphatic heterocycles. The van der Waals surface area contributed by atoms with Gasteiger partial charge in [-0.2, -0.15) is 0 Å². The van der Waals surface area contributed by atoms with Gasteiger partial charge in [-0.3, -0.25) is 19.3 Å². The molecule has 2 heterocycles. The maximum absolute atomic E-state index is 12.7. The highest BCUT2D eigenvalue weighted by Crippen LogP contribution is 2.27. The van der Waals surface area contributed by atoms with Gasteiger partial charge in [-0.25, -0.2) is 0 Å². The van der Waals surface area contributed by atoms with Crippen LogP contribution in [0.4, 0.5) is 11.4 Å². The predicted molar refractivity (Wildman–Crippen MR) is 115 cm³/mol. The van der Waals surface area contributed by atoms with E-state index in [0.29, 0.717) is 32.0 Å². The number of hydrogen-bond acceptors (Lipinski definition) is 5. The van der Waals surface area contributed by atoms with Gasteiger partial charge in [0.2, 0.25) is 17.7 Å². The van der Waals surface area contributed by atoms with Gasteiger partial charge >= 0.3 is 0 Å². The van der Waals surface area contributed by atoms with Crippen molar-refractivity contribution >= 4 is 29.1 Å². The van der Waals surface area contributed by atoms with E-state index in [2.05, 4.69) is 15.5 Å². The lowest BCUT2D eigenvalue weighted by atomic mass is 10.1. The van der Waals surface area contributed by atoms with Crippen LogP contribution in [0.3, 0.4) is 0 Å². The molecule has 164 valence electrons. The van der Waals surface area contributed by atoms with Crippen molar-refractivity contribution < 1.29 is 19.1 Å². The van der Waals surface area contributed by atoms with Gasteiger partial charge in [0.15, 0.2) is 0 Å². The summed E-state index contributed by atoms with van der Waals surface area (Å²) in [7, 11) is 0. The van der Waals surface area contributed by atoms with Crippen LogP contribution in [-0.4, -0.2) is 72.5 Å². The van der Waals surface area contributed by atoms with Gasteiger partial charge < -0.3 is 20.3 Å². The zero-order valence-electron chi connectivity index (χ0n) is 18.3. The van der Waals surface area contributed by atoms with Gasteiger partial charge in [0.05, 0.1) is 25.7 Å². The fraction of sp³-hybridized carbons (Fsp3) is 0.591. The Morgan fingerprint density at radius 2 is 1.87 bits per heavy atom. The summed E-state index contributed by atoms with van der Waals surface area (Å²) in [5.41, 5.74) is 1.96. The molecule has 0 spiro atoms. The number of aryl methyl sites for hydroxylation is 1. The average Bonchev–Trinajstić information content (AvgIpc) is 3.07. The Labute approximate surface area is 177 Å². The summed E-state index contributed by atoms with van der Waals surface area (Å²) in [6, 6.07) is 5.40. The minimum atomic E-state index is -0.357. The molecule has 30 heavy (non-hydrogen) atoms. The molecule has 0 aliphatic carbocycles. The van der Waals surface area contributed by atoms with Gasteiger partial charge in [-0.1, -0.05) is 0 Å². The van der Waals surface area contributed by atoms with Gasteiger partial charge in [0, 0.05) is 43.0 Å². The first-order valence-electron chi connectivity index (χ1n) is 10.5. The summed E-state index contributed by atoms with van der Waals surface area (Å²) >= 11 is 0. The first-order chi connectivity index (χ1) is 14.1. The molecule has 2 fully saturated rings. The molecule has 3 rings (SSSR count). The topological polar surface area (TPSA) is 91.0 Å². The molecule has 0 unspecified atom stereocenters. The second kappa shape index (κ2) is 9.14. The lowest BCUT2D eigenvalue weighted by Gasteiger charge is -2.31. The highest BCUT2D eigenvalue weighted by Gasteiger charge is 2.39. The van der Waals surface area contributed by atoms with E-state index in [1.54, 1.807) is 17.0 Å². The third-order valence-corrected chi connectivity index (χ3v) is 5.54. The number of rotatable bonds is 5. The Balaban J connectivity index is 1.55. The molecule has 1 atom stereocenters. The van der Waals surface area contributed by atoms with Crippen molar-refractivity contribution in [3.8, 4) is 0 Å². The smallest absolute Gasteiger partial charge is 0.238 e. The Morgan fingerprint density at radius 1 is 1.17 bits per heavy atom. The van der Waals surface area contributed by atoms with Crippen LogP contribution < -0.4 is 10.6 Å². The van der Waals surface area contributed by atoms with Crippen LogP contribution in [0.1, 0.15) is 32.8 Å². The molecule has 2 N–H and O–H groups in total. The Bertz CT molecular complexity index is 812.